The molecule has 6 heteroatoms. The van der Waals surface area contributed by atoms with Gasteiger partial charge in [0.25, 0.3) is 5.91 Å². The lowest BCUT2D eigenvalue weighted by Gasteiger charge is -2.18. The summed E-state index contributed by atoms with van der Waals surface area (Å²) in [4.78, 5) is 31.3. The van der Waals surface area contributed by atoms with Gasteiger partial charge in [0.1, 0.15) is 5.69 Å². The van der Waals surface area contributed by atoms with Crippen LogP contribution in [-0.4, -0.2) is 47.9 Å². The van der Waals surface area contributed by atoms with E-state index in [0.717, 1.165) is 12.2 Å². The molecule has 0 aliphatic carbocycles. The molecule has 6 nitrogen and oxygen atoms in total. The van der Waals surface area contributed by atoms with E-state index < -0.39 is 0 Å². The lowest BCUT2D eigenvalue weighted by molar-refractivity contribution is -0.124. The fourth-order valence-corrected chi connectivity index (χ4v) is 3.37. The third kappa shape index (κ3) is 4.26. The Morgan fingerprint density at radius 1 is 1.12 bits per heavy atom. The molecule has 1 aromatic carbocycles. The second kappa shape index (κ2) is 8.10. The number of benzene rings is 1. The van der Waals surface area contributed by atoms with E-state index in [1.807, 2.05) is 37.3 Å². The Hall–Kier alpha value is -2.73. The van der Waals surface area contributed by atoms with Crippen LogP contribution in [0.15, 0.2) is 48.5 Å². The lowest BCUT2D eigenvalue weighted by Crippen LogP contribution is -2.45. The Bertz CT molecular complexity index is 778. The van der Waals surface area contributed by atoms with Crippen molar-refractivity contribution in [2.75, 3.05) is 20.1 Å². The lowest BCUT2D eigenvalue weighted by atomic mass is 10.0. The molecule has 26 heavy (non-hydrogen) atoms. The number of amides is 2. The summed E-state index contributed by atoms with van der Waals surface area (Å²) < 4.78 is 0. The zero-order valence-electron chi connectivity index (χ0n) is 15.1. The Morgan fingerprint density at radius 2 is 1.88 bits per heavy atom. The van der Waals surface area contributed by atoms with E-state index in [1.165, 1.54) is 5.56 Å². The molecular weight excluding hydrogens is 328 g/mol. The molecule has 1 aliphatic heterocycles. The molecule has 0 bridgehead atoms. The monoisotopic (exact) mass is 352 g/mol. The van der Waals surface area contributed by atoms with Gasteiger partial charge in [-0.2, -0.15) is 0 Å². The number of aryl methyl sites for hydroxylation is 1. The first-order chi connectivity index (χ1) is 12.6. The zero-order chi connectivity index (χ0) is 18.5. The van der Waals surface area contributed by atoms with Crippen molar-refractivity contribution in [3.8, 4) is 0 Å². The number of nitrogens with zero attached hydrogens (tertiary/aromatic N) is 2. The van der Waals surface area contributed by atoms with Crippen LogP contribution in [0.5, 0.6) is 0 Å². The average Bonchev–Trinajstić information content (AvgIpc) is 3.04. The second-order valence-electron chi connectivity index (χ2n) is 6.64. The Balaban J connectivity index is 1.71. The first-order valence-electron chi connectivity index (χ1n) is 8.79. The molecule has 2 atom stereocenters. The number of nitrogens with one attached hydrogen (secondary N) is 2. The van der Waals surface area contributed by atoms with Gasteiger partial charge in [-0.3, -0.25) is 14.5 Å². The van der Waals surface area contributed by atoms with E-state index in [0.29, 0.717) is 18.8 Å². The number of likely N-dealkylation sites (tertiary alicyclic amines) is 1. The summed E-state index contributed by atoms with van der Waals surface area (Å²) in [5.74, 6) is -0.574. The number of hydrogen-bond acceptors (Lipinski definition) is 4. The van der Waals surface area contributed by atoms with Crippen LogP contribution in [0.4, 0.5) is 0 Å². The minimum absolute atomic E-state index is 0.0527. The third-order valence-electron chi connectivity index (χ3n) is 4.67. The Labute approximate surface area is 153 Å². The topological polar surface area (TPSA) is 74.3 Å². The number of hydrogen-bond donors (Lipinski definition) is 2. The van der Waals surface area contributed by atoms with Crippen LogP contribution in [0, 0.1) is 12.8 Å². The van der Waals surface area contributed by atoms with Gasteiger partial charge in [-0.15, -0.1) is 0 Å². The molecule has 2 amide bonds. The van der Waals surface area contributed by atoms with Crippen LogP contribution in [0.1, 0.15) is 21.7 Å². The fourth-order valence-electron chi connectivity index (χ4n) is 3.37. The van der Waals surface area contributed by atoms with E-state index in [4.69, 9.17) is 0 Å². The van der Waals surface area contributed by atoms with Gasteiger partial charge in [0.2, 0.25) is 5.91 Å². The maximum absolute atomic E-state index is 12.6. The summed E-state index contributed by atoms with van der Waals surface area (Å²) in [7, 11) is 1.63. The highest BCUT2D eigenvalue weighted by Crippen LogP contribution is 2.20. The molecule has 2 aromatic rings. The molecule has 1 fully saturated rings. The van der Waals surface area contributed by atoms with Crippen molar-refractivity contribution in [2.24, 2.45) is 5.92 Å². The van der Waals surface area contributed by atoms with E-state index in [1.54, 1.807) is 13.1 Å². The standard InChI is InChI=1S/C20H24N4O2/c1-14-7-6-10-17(22-14)20(26)23-18-13-24(12-16(18)19(25)21-2)11-15-8-4-3-5-9-15/h3-10,16,18H,11-13H2,1-2H3,(H,21,25)(H,23,26)/t16-,18-/m0/s1. The molecule has 1 saturated heterocycles. The van der Waals surface area contributed by atoms with E-state index >= 15 is 0 Å². The molecule has 1 aliphatic rings. The van der Waals surface area contributed by atoms with E-state index in [2.05, 4.69) is 32.7 Å². The molecule has 136 valence electrons. The maximum Gasteiger partial charge on any atom is 0.270 e. The van der Waals surface area contributed by atoms with Crippen molar-refractivity contribution in [2.45, 2.75) is 19.5 Å². The van der Waals surface area contributed by atoms with Gasteiger partial charge in [-0.1, -0.05) is 36.4 Å². The molecule has 0 unspecified atom stereocenters. The summed E-state index contributed by atoms with van der Waals surface area (Å²) in [5, 5.41) is 5.71. The van der Waals surface area contributed by atoms with Gasteiger partial charge < -0.3 is 10.6 Å². The van der Waals surface area contributed by atoms with Crippen molar-refractivity contribution < 1.29 is 9.59 Å². The third-order valence-corrected chi connectivity index (χ3v) is 4.67. The minimum atomic E-state index is -0.280. The molecule has 3 rings (SSSR count). The quantitative estimate of drug-likeness (QED) is 0.852. The average molecular weight is 352 g/mol. The number of aromatic nitrogens is 1. The van der Waals surface area contributed by atoms with Crippen LogP contribution in [0.25, 0.3) is 0 Å². The molecule has 0 spiro atoms. The molecule has 2 heterocycles. The zero-order valence-corrected chi connectivity index (χ0v) is 15.1. The first kappa shape index (κ1) is 18.1. The minimum Gasteiger partial charge on any atom is -0.359 e. The summed E-state index contributed by atoms with van der Waals surface area (Å²) in [6.45, 7) is 3.84. The molecule has 2 N–H and O–H groups in total. The van der Waals surface area contributed by atoms with Crippen molar-refractivity contribution in [1.82, 2.24) is 20.5 Å². The van der Waals surface area contributed by atoms with Crippen LogP contribution < -0.4 is 10.6 Å². The van der Waals surface area contributed by atoms with Gasteiger partial charge in [0, 0.05) is 32.4 Å². The van der Waals surface area contributed by atoms with E-state index in [-0.39, 0.29) is 23.8 Å². The first-order valence-corrected chi connectivity index (χ1v) is 8.79. The highest BCUT2D eigenvalue weighted by molar-refractivity contribution is 5.93. The van der Waals surface area contributed by atoms with E-state index in [9.17, 15) is 9.59 Å². The normalized spacial score (nSPS) is 19.9. The highest BCUT2D eigenvalue weighted by Gasteiger charge is 2.38. The van der Waals surface area contributed by atoms with Gasteiger partial charge >= 0.3 is 0 Å². The number of rotatable bonds is 5. The van der Waals surface area contributed by atoms with Gasteiger partial charge in [0.05, 0.1) is 12.0 Å². The second-order valence-corrected chi connectivity index (χ2v) is 6.64. The Kier molecular flexibility index (Phi) is 5.63. The summed E-state index contributed by atoms with van der Waals surface area (Å²) in [6, 6.07) is 15.2. The van der Waals surface area contributed by atoms with Gasteiger partial charge in [0.15, 0.2) is 0 Å². The molecule has 0 saturated carbocycles. The van der Waals surface area contributed by atoms with Crippen LogP contribution in [-0.2, 0) is 11.3 Å². The maximum atomic E-state index is 12.6. The van der Waals surface area contributed by atoms with Crippen LogP contribution in [0.2, 0.25) is 0 Å². The predicted molar refractivity (Wildman–Crippen MR) is 99.5 cm³/mol. The summed E-state index contributed by atoms with van der Waals surface area (Å²) in [6.07, 6.45) is 0. The number of carbonyl (C=O) groups is 2. The molecular formula is C20H24N4O2. The molecule has 1 aromatic heterocycles. The number of carbonyl (C=O) groups excluding carboxylic acids is 2. The smallest absolute Gasteiger partial charge is 0.270 e. The van der Waals surface area contributed by atoms with Crippen molar-refractivity contribution in [3.05, 3.63) is 65.5 Å². The summed E-state index contributed by atoms with van der Waals surface area (Å²) >= 11 is 0. The van der Waals surface area contributed by atoms with Crippen LogP contribution >= 0.6 is 0 Å². The largest absolute Gasteiger partial charge is 0.359 e. The fraction of sp³-hybridized carbons (Fsp3) is 0.350. The SMILES string of the molecule is CNC(=O)[C@H]1CN(Cc2ccccc2)C[C@@H]1NC(=O)c1cccc(C)n1. The number of pyridine rings is 1. The van der Waals surface area contributed by atoms with Crippen LogP contribution in [0.3, 0.4) is 0 Å². The Morgan fingerprint density at radius 3 is 2.58 bits per heavy atom. The van der Waals surface area contributed by atoms with Gasteiger partial charge in [-0.25, -0.2) is 4.98 Å². The highest BCUT2D eigenvalue weighted by atomic mass is 16.2. The van der Waals surface area contributed by atoms with Crippen molar-refractivity contribution >= 4 is 11.8 Å². The van der Waals surface area contributed by atoms with Gasteiger partial charge in [-0.05, 0) is 24.6 Å². The predicted octanol–water partition coefficient (Wildman–Crippen LogP) is 1.37. The van der Waals surface area contributed by atoms with Crippen molar-refractivity contribution in [1.29, 1.82) is 0 Å². The van der Waals surface area contributed by atoms with Crippen molar-refractivity contribution in [3.63, 3.8) is 0 Å². The summed E-state index contributed by atoms with van der Waals surface area (Å²) in [5.41, 5.74) is 2.36. The molecule has 0 radical (unpaired) electrons.